The Kier molecular flexibility index (Phi) is 4.60. The lowest BCUT2D eigenvalue weighted by atomic mass is 10.2. The van der Waals surface area contributed by atoms with E-state index in [0.717, 1.165) is 17.9 Å². The van der Waals surface area contributed by atoms with Gasteiger partial charge in [0.25, 0.3) is 5.22 Å². The van der Waals surface area contributed by atoms with Crippen LogP contribution >= 0.6 is 23.4 Å². The van der Waals surface area contributed by atoms with Gasteiger partial charge in [0, 0.05) is 22.9 Å². The fourth-order valence-electron chi connectivity index (χ4n) is 2.25. The number of halogens is 1. The summed E-state index contributed by atoms with van der Waals surface area (Å²) in [7, 11) is 0. The molecule has 0 atom stereocenters. The molecule has 106 valence electrons. The number of benzene rings is 1. The summed E-state index contributed by atoms with van der Waals surface area (Å²) in [5.41, 5.74) is 0.897. The Morgan fingerprint density at radius 2 is 1.90 bits per heavy atom. The van der Waals surface area contributed by atoms with Crippen LogP contribution in [0.25, 0.3) is 11.5 Å². The Morgan fingerprint density at radius 3 is 2.65 bits per heavy atom. The highest BCUT2D eigenvalue weighted by atomic mass is 35.5. The maximum absolute atomic E-state index is 5.86. The van der Waals surface area contributed by atoms with Crippen LogP contribution < -0.4 is 0 Å². The molecule has 1 saturated heterocycles. The van der Waals surface area contributed by atoms with Gasteiger partial charge >= 0.3 is 0 Å². The maximum atomic E-state index is 5.86. The van der Waals surface area contributed by atoms with Crippen molar-refractivity contribution in [2.24, 2.45) is 0 Å². The van der Waals surface area contributed by atoms with E-state index in [4.69, 9.17) is 16.0 Å². The molecule has 1 aliphatic rings. The molecule has 0 saturated carbocycles. The van der Waals surface area contributed by atoms with E-state index in [1.54, 1.807) is 11.8 Å². The molecule has 0 aliphatic carbocycles. The zero-order valence-corrected chi connectivity index (χ0v) is 12.7. The molecule has 20 heavy (non-hydrogen) atoms. The fourth-order valence-corrected chi connectivity index (χ4v) is 3.13. The Bertz CT molecular complexity index is 552. The third kappa shape index (κ3) is 3.53. The van der Waals surface area contributed by atoms with Crippen molar-refractivity contribution in [3.63, 3.8) is 0 Å². The summed E-state index contributed by atoms with van der Waals surface area (Å²) < 4.78 is 5.65. The molecule has 0 unspecified atom stereocenters. The molecule has 0 N–H and O–H groups in total. The lowest BCUT2D eigenvalue weighted by molar-refractivity contribution is 0.361. The van der Waals surface area contributed by atoms with Gasteiger partial charge in [0.05, 0.1) is 0 Å². The molecule has 0 radical (unpaired) electrons. The van der Waals surface area contributed by atoms with Gasteiger partial charge in [0.1, 0.15) is 0 Å². The van der Waals surface area contributed by atoms with Crippen molar-refractivity contribution >= 4 is 23.4 Å². The Morgan fingerprint density at radius 1 is 1.15 bits per heavy atom. The number of thioether (sulfide) groups is 1. The average molecular weight is 310 g/mol. The van der Waals surface area contributed by atoms with E-state index in [2.05, 4.69) is 15.1 Å². The minimum Gasteiger partial charge on any atom is -0.411 e. The predicted octanol–water partition coefficient (Wildman–Crippen LogP) is 3.58. The van der Waals surface area contributed by atoms with Gasteiger partial charge in [0.15, 0.2) is 0 Å². The first-order valence-electron chi connectivity index (χ1n) is 6.76. The highest BCUT2D eigenvalue weighted by Gasteiger charge is 2.13. The third-order valence-corrected chi connectivity index (χ3v) is 4.38. The van der Waals surface area contributed by atoms with E-state index >= 15 is 0 Å². The molecule has 1 aromatic heterocycles. The van der Waals surface area contributed by atoms with Gasteiger partial charge in [-0.3, -0.25) is 0 Å². The SMILES string of the molecule is Clc1ccc(-c2nnc(SCCN3CCCC3)o2)cc1. The Balaban J connectivity index is 1.55. The molecular formula is C14H16ClN3OS. The molecule has 4 nitrogen and oxygen atoms in total. The van der Waals surface area contributed by atoms with Crippen LogP contribution in [-0.2, 0) is 0 Å². The Labute approximate surface area is 127 Å². The number of hydrogen-bond acceptors (Lipinski definition) is 5. The lowest BCUT2D eigenvalue weighted by Crippen LogP contribution is -2.21. The van der Waals surface area contributed by atoms with Crippen molar-refractivity contribution in [2.75, 3.05) is 25.4 Å². The van der Waals surface area contributed by atoms with E-state index in [1.165, 1.54) is 25.9 Å². The van der Waals surface area contributed by atoms with E-state index in [1.807, 2.05) is 24.3 Å². The van der Waals surface area contributed by atoms with Crippen LogP contribution in [0.15, 0.2) is 33.9 Å². The number of nitrogens with zero attached hydrogens (tertiary/aromatic N) is 3. The monoisotopic (exact) mass is 309 g/mol. The Hall–Kier alpha value is -1.04. The maximum Gasteiger partial charge on any atom is 0.276 e. The standard InChI is InChI=1S/C14H16ClN3OS/c15-12-5-3-11(4-6-12)13-16-17-14(19-13)20-10-9-18-7-1-2-8-18/h3-6H,1-2,7-10H2. The van der Waals surface area contributed by atoms with Crippen LogP contribution in [0.5, 0.6) is 0 Å². The van der Waals surface area contributed by atoms with E-state index < -0.39 is 0 Å². The fraction of sp³-hybridized carbons (Fsp3) is 0.429. The number of aromatic nitrogens is 2. The molecule has 2 aromatic rings. The van der Waals surface area contributed by atoms with Gasteiger partial charge in [-0.25, -0.2) is 0 Å². The summed E-state index contributed by atoms with van der Waals surface area (Å²) in [4.78, 5) is 2.48. The van der Waals surface area contributed by atoms with Crippen LogP contribution in [0.1, 0.15) is 12.8 Å². The molecule has 2 heterocycles. The number of rotatable bonds is 5. The molecular weight excluding hydrogens is 294 g/mol. The van der Waals surface area contributed by atoms with Crippen LogP contribution in [0.3, 0.4) is 0 Å². The van der Waals surface area contributed by atoms with E-state index in [9.17, 15) is 0 Å². The molecule has 0 amide bonds. The summed E-state index contributed by atoms with van der Waals surface area (Å²) in [5.74, 6) is 1.53. The predicted molar refractivity (Wildman–Crippen MR) is 81.1 cm³/mol. The molecule has 3 rings (SSSR count). The molecule has 0 spiro atoms. The topological polar surface area (TPSA) is 42.2 Å². The summed E-state index contributed by atoms with van der Waals surface area (Å²) in [6.07, 6.45) is 2.65. The first kappa shape index (κ1) is 13.9. The van der Waals surface area contributed by atoms with Crippen molar-refractivity contribution in [2.45, 2.75) is 18.1 Å². The highest BCUT2D eigenvalue weighted by Crippen LogP contribution is 2.24. The molecule has 1 aromatic carbocycles. The number of hydrogen-bond donors (Lipinski definition) is 0. The molecule has 1 aliphatic heterocycles. The first-order valence-corrected chi connectivity index (χ1v) is 8.12. The van der Waals surface area contributed by atoms with E-state index in [-0.39, 0.29) is 0 Å². The zero-order chi connectivity index (χ0) is 13.8. The second-order valence-corrected chi connectivity index (χ2v) is 6.26. The highest BCUT2D eigenvalue weighted by molar-refractivity contribution is 7.99. The third-order valence-electron chi connectivity index (χ3n) is 3.33. The summed E-state index contributed by atoms with van der Waals surface area (Å²) in [6, 6.07) is 7.41. The van der Waals surface area contributed by atoms with Crippen LogP contribution in [0.4, 0.5) is 0 Å². The minimum absolute atomic E-state index is 0.547. The summed E-state index contributed by atoms with van der Waals surface area (Å²) in [6.45, 7) is 3.53. The van der Waals surface area contributed by atoms with Crippen molar-refractivity contribution in [1.29, 1.82) is 0 Å². The van der Waals surface area contributed by atoms with Crippen LogP contribution in [-0.4, -0.2) is 40.5 Å². The quantitative estimate of drug-likeness (QED) is 0.790. The van der Waals surface area contributed by atoms with Gasteiger partial charge in [-0.1, -0.05) is 23.4 Å². The molecule has 6 heteroatoms. The minimum atomic E-state index is 0.547. The van der Waals surface area contributed by atoms with E-state index in [0.29, 0.717) is 16.1 Å². The van der Waals surface area contributed by atoms with Crippen molar-refractivity contribution in [1.82, 2.24) is 15.1 Å². The van der Waals surface area contributed by atoms with Crippen molar-refractivity contribution in [3.8, 4) is 11.5 Å². The number of likely N-dealkylation sites (tertiary alicyclic amines) is 1. The van der Waals surface area contributed by atoms with Crippen LogP contribution in [0.2, 0.25) is 5.02 Å². The summed E-state index contributed by atoms with van der Waals surface area (Å²) >= 11 is 7.48. The smallest absolute Gasteiger partial charge is 0.276 e. The molecule has 1 fully saturated rings. The van der Waals surface area contributed by atoms with Gasteiger partial charge in [-0.2, -0.15) is 0 Å². The normalized spacial score (nSPS) is 15.8. The second kappa shape index (κ2) is 6.61. The van der Waals surface area contributed by atoms with Crippen LogP contribution in [0, 0.1) is 0 Å². The van der Waals surface area contributed by atoms with Gasteiger partial charge < -0.3 is 9.32 Å². The largest absolute Gasteiger partial charge is 0.411 e. The average Bonchev–Trinajstić information content (AvgIpc) is 3.11. The lowest BCUT2D eigenvalue weighted by Gasteiger charge is -2.12. The summed E-state index contributed by atoms with van der Waals surface area (Å²) in [5, 5.41) is 9.48. The second-order valence-electron chi connectivity index (χ2n) is 4.78. The van der Waals surface area contributed by atoms with Gasteiger partial charge in [-0.15, -0.1) is 10.2 Å². The van der Waals surface area contributed by atoms with Gasteiger partial charge in [-0.05, 0) is 50.2 Å². The molecule has 0 bridgehead atoms. The first-order chi connectivity index (χ1) is 9.81. The van der Waals surface area contributed by atoms with Crippen molar-refractivity contribution < 1.29 is 4.42 Å². The van der Waals surface area contributed by atoms with Crippen molar-refractivity contribution in [3.05, 3.63) is 29.3 Å². The van der Waals surface area contributed by atoms with Gasteiger partial charge in [0.2, 0.25) is 5.89 Å². The zero-order valence-electron chi connectivity index (χ0n) is 11.1.